The summed E-state index contributed by atoms with van der Waals surface area (Å²) in [5.41, 5.74) is 3.69. The number of sulfonamides is 1. The average molecular weight is 271 g/mol. The molecular formula is C11H17N3O3S. The first kappa shape index (κ1) is 13.0. The number of nitrogens with one attached hydrogen (secondary N) is 1. The van der Waals surface area contributed by atoms with E-state index >= 15 is 0 Å². The summed E-state index contributed by atoms with van der Waals surface area (Å²) in [7, 11) is -1.73. The number of nitrogens with zero attached hydrogens (tertiary/aromatic N) is 1. The van der Waals surface area contributed by atoms with Gasteiger partial charge in [0.05, 0.1) is 24.2 Å². The summed E-state index contributed by atoms with van der Waals surface area (Å²) in [6.07, 6.45) is 1.55. The normalized spacial score (nSPS) is 18.4. The number of anilines is 2. The minimum atomic E-state index is -3.25. The van der Waals surface area contributed by atoms with Crippen LogP contribution in [0.25, 0.3) is 0 Å². The van der Waals surface area contributed by atoms with Gasteiger partial charge in [-0.15, -0.1) is 0 Å². The summed E-state index contributed by atoms with van der Waals surface area (Å²) in [4.78, 5) is 0. The predicted octanol–water partition coefficient (Wildman–Crippen LogP) is 0.911. The van der Waals surface area contributed by atoms with Gasteiger partial charge in [0.25, 0.3) is 0 Å². The molecule has 1 aromatic carbocycles. The SMILES string of the molecule is COc1ccc(NN)cc1N1CCCCS1(=O)=O. The molecule has 1 saturated heterocycles. The van der Waals surface area contributed by atoms with E-state index in [2.05, 4.69) is 5.43 Å². The van der Waals surface area contributed by atoms with Crippen molar-refractivity contribution in [2.75, 3.05) is 29.1 Å². The molecule has 0 amide bonds. The van der Waals surface area contributed by atoms with Crippen LogP contribution in [0.4, 0.5) is 11.4 Å². The van der Waals surface area contributed by atoms with Gasteiger partial charge in [0.15, 0.2) is 0 Å². The molecule has 2 rings (SSSR count). The van der Waals surface area contributed by atoms with Crippen molar-refractivity contribution in [3.63, 3.8) is 0 Å². The molecule has 0 atom stereocenters. The van der Waals surface area contributed by atoms with Crippen molar-refractivity contribution in [2.24, 2.45) is 5.84 Å². The van der Waals surface area contributed by atoms with E-state index in [4.69, 9.17) is 10.6 Å². The highest BCUT2D eigenvalue weighted by molar-refractivity contribution is 7.92. The fraction of sp³-hybridized carbons (Fsp3) is 0.455. The van der Waals surface area contributed by atoms with Gasteiger partial charge in [-0.05, 0) is 31.0 Å². The molecular weight excluding hydrogens is 254 g/mol. The first-order valence-electron chi connectivity index (χ1n) is 5.73. The van der Waals surface area contributed by atoms with Crippen molar-refractivity contribution in [3.8, 4) is 5.75 Å². The molecule has 1 heterocycles. The Morgan fingerprint density at radius 1 is 1.39 bits per heavy atom. The summed E-state index contributed by atoms with van der Waals surface area (Å²) in [6, 6.07) is 5.12. The molecule has 0 saturated carbocycles. The van der Waals surface area contributed by atoms with E-state index in [9.17, 15) is 8.42 Å². The van der Waals surface area contributed by atoms with E-state index < -0.39 is 10.0 Å². The lowest BCUT2D eigenvalue weighted by Crippen LogP contribution is -2.38. The summed E-state index contributed by atoms with van der Waals surface area (Å²) < 4.78 is 30.8. The van der Waals surface area contributed by atoms with E-state index in [0.717, 1.165) is 6.42 Å². The van der Waals surface area contributed by atoms with Gasteiger partial charge in [-0.2, -0.15) is 0 Å². The van der Waals surface area contributed by atoms with Crippen LogP contribution in [0.15, 0.2) is 18.2 Å². The third-order valence-corrected chi connectivity index (χ3v) is 4.82. The maximum atomic E-state index is 12.1. The Morgan fingerprint density at radius 3 is 2.78 bits per heavy atom. The Bertz CT molecular complexity index is 530. The minimum absolute atomic E-state index is 0.177. The Balaban J connectivity index is 2.47. The number of benzene rings is 1. The highest BCUT2D eigenvalue weighted by Crippen LogP contribution is 2.34. The van der Waals surface area contributed by atoms with Crippen LogP contribution < -0.4 is 20.3 Å². The summed E-state index contributed by atoms with van der Waals surface area (Å²) >= 11 is 0. The van der Waals surface area contributed by atoms with Gasteiger partial charge in [-0.25, -0.2) is 8.42 Å². The lowest BCUT2D eigenvalue weighted by molar-refractivity contribution is 0.415. The van der Waals surface area contributed by atoms with Gasteiger partial charge >= 0.3 is 0 Å². The molecule has 1 aromatic rings. The van der Waals surface area contributed by atoms with Gasteiger partial charge in [0.1, 0.15) is 5.75 Å². The molecule has 18 heavy (non-hydrogen) atoms. The van der Waals surface area contributed by atoms with Crippen molar-refractivity contribution in [2.45, 2.75) is 12.8 Å². The van der Waals surface area contributed by atoms with Crippen LogP contribution in [-0.2, 0) is 10.0 Å². The first-order chi connectivity index (χ1) is 8.58. The lowest BCUT2D eigenvalue weighted by atomic mass is 10.2. The van der Waals surface area contributed by atoms with Crippen molar-refractivity contribution >= 4 is 21.4 Å². The molecule has 7 heteroatoms. The molecule has 0 aliphatic carbocycles. The minimum Gasteiger partial charge on any atom is -0.495 e. The van der Waals surface area contributed by atoms with E-state index in [1.54, 1.807) is 18.2 Å². The molecule has 0 bridgehead atoms. The van der Waals surface area contributed by atoms with Gasteiger partial charge < -0.3 is 10.2 Å². The second kappa shape index (κ2) is 5.03. The number of hydrazine groups is 1. The Labute approximate surface area is 107 Å². The van der Waals surface area contributed by atoms with Crippen LogP contribution in [0.5, 0.6) is 5.75 Å². The number of nitrogens with two attached hydrogens (primary N) is 1. The number of rotatable bonds is 3. The van der Waals surface area contributed by atoms with E-state index in [1.807, 2.05) is 0 Å². The van der Waals surface area contributed by atoms with E-state index in [0.29, 0.717) is 30.1 Å². The summed E-state index contributed by atoms with van der Waals surface area (Å²) in [6.45, 7) is 0.479. The molecule has 3 N–H and O–H groups in total. The van der Waals surface area contributed by atoms with E-state index in [-0.39, 0.29) is 5.75 Å². The zero-order valence-corrected chi connectivity index (χ0v) is 11.0. The first-order valence-corrected chi connectivity index (χ1v) is 7.34. The molecule has 0 unspecified atom stereocenters. The molecule has 0 spiro atoms. The second-order valence-corrected chi connectivity index (χ2v) is 6.14. The van der Waals surface area contributed by atoms with Crippen LogP contribution in [0.1, 0.15) is 12.8 Å². The monoisotopic (exact) mass is 271 g/mol. The Hall–Kier alpha value is -1.47. The fourth-order valence-corrected chi connectivity index (χ4v) is 3.67. The van der Waals surface area contributed by atoms with Crippen LogP contribution in [0, 0.1) is 0 Å². The lowest BCUT2D eigenvalue weighted by Gasteiger charge is -2.29. The van der Waals surface area contributed by atoms with Crippen LogP contribution >= 0.6 is 0 Å². The molecule has 1 aliphatic heterocycles. The van der Waals surface area contributed by atoms with Crippen molar-refractivity contribution in [1.29, 1.82) is 0 Å². The number of hydrogen-bond acceptors (Lipinski definition) is 5. The molecule has 100 valence electrons. The standard InChI is InChI=1S/C11H17N3O3S/c1-17-11-5-4-9(13-12)8-10(11)14-6-2-3-7-18(14,15)16/h4-5,8,13H,2-3,6-7,12H2,1H3. The zero-order chi connectivity index (χ0) is 13.2. The Kier molecular flexibility index (Phi) is 3.63. The quantitative estimate of drug-likeness (QED) is 0.630. The van der Waals surface area contributed by atoms with Gasteiger partial charge in [-0.3, -0.25) is 10.1 Å². The number of nitrogen functional groups attached to an aromatic ring is 1. The van der Waals surface area contributed by atoms with Crippen molar-refractivity contribution in [1.82, 2.24) is 0 Å². The molecule has 0 aromatic heterocycles. The number of hydrogen-bond donors (Lipinski definition) is 2. The summed E-state index contributed by atoms with van der Waals surface area (Å²) in [5, 5.41) is 0. The zero-order valence-electron chi connectivity index (χ0n) is 10.2. The molecule has 6 nitrogen and oxygen atoms in total. The highest BCUT2D eigenvalue weighted by atomic mass is 32.2. The summed E-state index contributed by atoms with van der Waals surface area (Å²) in [5.74, 6) is 6.05. The maximum absolute atomic E-state index is 12.1. The number of ether oxygens (including phenoxy) is 1. The average Bonchev–Trinajstić information content (AvgIpc) is 2.37. The number of methoxy groups -OCH3 is 1. The topological polar surface area (TPSA) is 84.7 Å². The largest absolute Gasteiger partial charge is 0.495 e. The van der Waals surface area contributed by atoms with Gasteiger partial charge in [0.2, 0.25) is 10.0 Å². The van der Waals surface area contributed by atoms with Crippen LogP contribution in [0.3, 0.4) is 0 Å². The highest BCUT2D eigenvalue weighted by Gasteiger charge is 2.28. The fourth-order valence-electron chi connectivity index (χ4n) is 2.03. The smallest absolute Gasteiger partial charge is 0.235 e. The third-order valence-electron chi connectivity index (χ3n) is 2.96. The van der Waals surface area contributed by atoms with Gasteiger partial charge in [0, 0.05) is 6.54 Å². The van der Waals surface area contributed by atoms with Crippen molar-refractivity contribution in [3.05, 3.63) is 18.2 Å². The second-order valence-electron chi connectivity index (χ2n) is 4.13. The third kappa shape index (κ3) is 2.37. The Morgan fingerprint density at radius 2 is 2.17 bits per heavy atom. The predicted molar refractivity (Wildman–Crippen MR) is 71.2 cm³/mol. The van der Waals surface area contributed by atoms with Gasteiger partial charge in [-0.1, -0.05) is 0 Å². The molecule has 1 aliphatic rings. The van der Waals surface area contributed by atoms with E-state index in [1.165, 1.54) is 11.4 Å². The van der Waals surface area contributed by atoms with Crippen molar-refractivity contribution < 1.29 is 13.2 Å². The van der Waals surface area contributed by atoms with Crippen LogP contribution in [0.2, 0.25) is 0 Å². The molecule has 1 fully saturated rings. The molecule has 0 radical (unpaired) electrons. The van der Waals surface area contributed by atoms with Crippen LogP contribution in [-0.4, -0.2) is 27.8 Å². The maximum Gasteiger partial charge on any atom is 0.235 e.